The number of aliphatic hydroxyl groups is 1. The third-order valence-electron chi connectivity index (χ3n) is 1.95. The molecule has 0 aliphatic carbocycles. The monoisotopic (exact) mass is 221 g/mol. The molecular weight excluding hydrogens is 206 g/mol. The summed E-state index contributed by atoms with van der Waals surface area (Å²) in [5.41, 5.74) is 8.84. The van der Waals surface area contributed by atoms with Gasteiger partial charge in [0.2, 0.25) is 0 Å². The Morgan fingerprint density at radius 2 is 2.00 bits per heavy atom. The van der Waals surface area contributed by atoms with Gasteiger partial charge in [-0.25, -0.2) is 0 Å². The fourth-order valence-corrected chi connectivity index (χ4v) is 1.26. The van der Waals surface area contributed by atoms with Crippen molar-refractivity contribution in [1.82, 2.24) is 0 Å². The van der Waals surface area contributed by atoms with Gasteiger partial charge < -0.3 is 9.84 Å². The average Bonchev–Trinajstić information content (AvgIpc) is 2.26. The van der Waals surface area contributed by atoms with Crippen LogP contribution in [0.1, 0.15) is 25.5 Å². The molecule has 1 aromatic rings. The standard InChI is InChI=1S/C11H15N3O2/c1-8(2)16-10-5-3-9(4-6-10)11(15)7-13-14-12/h3-6,8,11,15H,7H2,1-2H3/t11-/m0/s1. The lowest BCUT2D eigenvalue weighted by Gasteiger charge is -2.11. The molecule has 5 heteroatoms. The molecule has 0 radical (unpaired) electrons. The van der Waals surface area contributed by atoms with Crippen LogP contribution in [0.4, 0.5) is 0 Å². The van der Waals surface area contributed by atoms with E-state index in [9.17, 15) is 5.11 Å². The zero-order valence-corrected chi connectivity index (χ0v) is 9.37. The largest absolute Gasteiger partial charge is 0.491 e. The van der Waals surface area contributed by atoms with E-state index in [2.05, 4.69) is 10.0 Å². The Labute approximate surface area is 94.3 Å². The van der Waals surface area contributed by atoms with Crippen LogP contribution in [0.2, 0.25) is 0 Å². The number of benzene rings is 1. The molecule has 5 nitrogen and oxygen atoms in total. The molecule has 0 bridgehead atoms. The maximum Gasteiger partial charge on any atom is 0.119 e. The summed E-state index contributed by atoms with van der Waals surface area (Å²) in [6.07, 6.45) is -0.636. The van der Waals surface area contributed by atoms with E-state index in [0.717, 1.165) is 5.75 Å². The molecule has 16 heavy (non-hydrogen) atoms. The highest BCUT2D eigenvalue weighted by Crippen LogP contribution is 2.18. The Kier molecular flexibility index (Phi) is 4.64. The first kappa shape index (κ1) is 12.4. The van der Waals surface area contributed by atoms with E-state index < -0.39 is 6.10 Å². The summed E-state index contributed by atoms with van der Waals surface area (Å²) in [5, 5.41) is 12.9. The first-order valence-corrected chi connectivity index (χ1v) is 5.09. The number of nitrogens with zero attached hydrogens (tertiary/aromatic N) is 3. The Morgan fingerprint density at radius 1 is 1.38 bits per heavy atom. The highest BCUT2D eigenvalue weighted by Gasteiger charge is 2.06. The van der Waals surface area contributed by atoms with Gasteiger partial charge in [-0.15, -0.1) is 0 Å². The lowest BCUT2D eigenvalue weighted by molar-refractivity contribution is 0.186. The third-order valence-corrected chi connectivity index (χ3v) is 1.95. The molecule has 86 valence electrons. The predicted octanol–water partition coefficient (Wildman–Crippen LogP) is 2.82. The second kappa shape index (κ2) is 6.00. The number of aliphatic hydroxyl groups excluding tert-OH is 1. The van der Waals surface area contributed by atoms with Crippen molar-refractivity contribution < 1.29 is 9.84 Å². The molecule has 0 unspecified atom stereocenters. The molecule has 1 rings (SSSR count). The minimum atomic E-state index is -0.760. The van der Waals surface area contributed by atoms with Crippen LogP contribution in [0.5, 0.6) is 5.75 Å². The normalized spacial score (nSPS) is 12.0. The first-order valence-electron chi connectivity index (χ1n) is 5.09. The second-order valence-electron chi connectivity index (χ2n) is 3.66. The summed E-state index contributed by atoms with van der Waals surface area (Å²) in [6, 6.07) is 7.09. The quantitative estimate of drug-likeness (QED) is 0.471. The molecule has 0 amide bonds. The van der Waals surface area contributed by atoms with E-state index in [-0.39, 0.29) is 12.6 Å². The van der Waals surface area contributed by atoms with Crippen LogP contribution in [0, 0.1) is 0 Å². The molecule has 0 fully saturated rings. The number of rotatable bonds is 5. The van der Waals surface area contributed by atoms with E-state index >= 15 is 0 Å². The van der Waals surface area contributed by atoms with Crippen LogP contribution in [0.15, 0.2) is 29.4 Å². The molecule has 0 saturated heterocycles. The van der Waals surface area contributed by atoms with E-state index in [1.54, 1.807) is 24.3 Å². The highest BCUT2D eigenvalue weighted by molar-refractivity contribution is 5.28. The fraction of sp³-hybridized carbons (Fsp3) is 0.455. The lowest BCUT2D eigenvalue weighted by Crippen LogP contribution is -2.06. The van der Waals surface area contributed by atoms with Crippen molar-refractivity contribution in [1.29, 1.82) is 0 Å². The van der Waals surface area contributed by atoms with E-state index in [4.69, 9.17) is 10.3 Å². The van der Waals surface area contributed by atoms with E-state index in [1.807, 2.05) is 13.8 Å². The molecule has 0 saturated carbocycles. The summed E-state index contributed by atoms with van der Waals surface area (Å²) in [4.78, 5) is 2.60. The van der Waals surface area contributed by atoms with Crippen molar-refractivity contribution in [2.24, 2.45) is 5.11 Å². The summed E-state index contributed by atoms with van der Waals surface area (Å²) < 4.78 is 5.47. The van der Waals surface area contributed by atoms with Crippen molar-refractivity contribution in [3.8, 4) is 5.75 Å². The van der Waals surface area contributed by atoms with Crippen LogP contribution in [-0.4, -0.2) is 17.8 Å². The van der Waals surface area contributed by atoms with Gasteiger partial charge in [-0.05, 0) is 37.1 Å². The smallest absolute Gasteiger partial charge is 0.119 e. The van der Waals surface area contributed by atoms with Gasteiger partial charge in [0.15, 0.2) is 0 Å². The first-order chi connectivity index (χ1) is 7.63. The zero-order chi connectivity index (χ0) is 12.0. The van der Waals surface area contributed by atoms with Crippen molar-refractivity contribution >= 4 is 0 Å². The van der Waals surface area contributed by atoms with Gasteiger partial charge in [0.05, 0.1) is 18.8 Å². The topological polar surface area (TPSA) is 78.2 Å². The maximum absolute atomic E-state index is 9.62. The molecule has 0 aliphatic rings. The number of ether oxygens (including phenoxy) is 1. The van der Waals surface area contributed by atoms with Gasteiger partial charge in [0.25, 0.3) is 0 Å². The molecule has 0 heterocycles. The summed E-state index contributed by atoms with van der Waals surface area (Å²) in [6.45, 7) is 3.94. The van der Waals surface area contributed by atoms with Gasteiger partial charge in [0, 0.05) is 4.91 Å². The molecule has 0 aliphatic heterocycles. The van der Waals surface area contributed by atoms with E-state index in [0.29, 0.717) is 5.56 Å². The molecule has 1 atom stereocenters. The number of azide groups is 1. The van der Waals surface area contributed by atoms with Crippen LogP contribution >= 0.6 is 0 Å². The SMILES string of the molecule is CC(C)Oc1ccc([C@@H](O)CN=[N+]=[N-])cc1. The van der Waals surface area contributed by atoms with Gasteiger partial charge in [0.1, 0.15) is 5.75 Å². The van der Waals surface area contributed by atoms with Crippen LogP contribution in [-0.2, 0) is 0 Å². The lowest BCUT2D eigenvalue weighted by atomic mass is 10.1. The van der Waals surface area contributed by atoms with Crippen molar-refractivity contribution in [2.75, 3.05) is 6.54 Å². The second-order valence-corrected chi connectivity index (χ2v) is 3.66. The number of hydrogen-bond donors (Lipinski definition) is 1. The van der Waals surface area contributed by atoms with Crippen molar-refractivity contribution in [3.05, 3.63) is 40.3 Å². The van der Waals surface area contributed by atoms with Gasteiger partial charge >= 0.3 is 0 Å². The molecular formula is C11H15N3O2. The van der Waals surface area contributed by atoms with Crippen LogP contribution in [0.3, 0.4) is 0 Å². The molecule has 1 aromatic carbocycles. The Hall–Kier alpha value is -1.71. The third kappa shape index (κ3) is 3.81. The summed E-state index contributed by atoms with van der Waals surface area (Å²) in [5.74, 6) is 0.759. The van der Waals surface area contributed by atoms with E-state index in [1.165, 1.54) is 0 Å². The van der Waals surface area contributed by atoms with Gasteiger partial charge in [-0.3, -0.25) is 0 Å². The van der Waals surface area contributed by atoms with Crippen LogP contribution in [0.25, 0.3) is 10.4 Å². The molecule has 1 N–H and O–H groups in total. The Morgan fingerprint density at radius 3 is 2.50 bits per heavy atom. The van der Waals surface area contributed by atoms with Crippen molar-refractivity contribution in [2.45, 2.75) is 26.1 Å². The zero-order valence-electron chi connectivity index (χ0n) is 9.37. The highest BCUT2D eigenvalue weighted by atomic mass is 16.5. The summed E-state index contributed by atoms with van der Waals surface area (Å²) in [7, 11) is 0. The maximum atomic E-state index is 9.62. The summed E-state index contributed by atoms with van der Waals surface area (Å²) >= 11 is 0. The Bertz CT molecular complexity index is 369. The van der Waals surface area contributed by atoms with Crippen molar-refractivity contribution in [3.63, 3.8) is 0 Å². The fourth-order valence-electron chi connectivity index (χ4n) is 1.26. The molecule has 0 spiro atoms. The minimum absolute atomic E-state index is 0.0425. The number of hydrogen-bond acceptors (Lipinski definition) is 3. The van der Waals surface area contributed by atoms with Gasteiger partial charge in [-0.2, -0.15) is 0 Å². The van der Waals surface area contributed by atoms with Gasteiger partial charge in [-0.1, -0.05) is 17.2 Å². The van der Waals surface area contributed by atoms with Crippen LogP contribution < -0.4 is 4.74 Å². The minimum Gasteiger partial charge on any atom is -0.491 e. The molecule has 0 aromatic heterocycles. The average molecular weight is 221 g/mol. The predicted molar refractivity (Wildman–Crippen MR) is 61.2 cm³/mol. The Balaban J connectivity index is 2.66.